The van der Waals surface area contributed by atoms with Crippen LogP contribution in [0.2, 0.25) is 0 Å². The first kappa shape index (κ1) is 14.4. The Kier molecular flexibility index (Phi) is 4.55. The van der Waals surface area contributed by atoms with Gasteiger partial charge in [0.1, 0.15) is 12.7 Å². The van der Waals surface area contributed by atoms with Crippen LogP contribution >= 0.6 is 11.3 Å². The summed E-state index contributed by atoms with van der Waals surface area (Å²) in [6, 6.07) is 5.81. The Balaban J connectivity index is 1.48. The average molecular weight is 313 g/mol. The Bertz CT molecular complexity index is 707. The molecule has 0 saturated carbocycles. The SMILES string of the molecule is O=C(CCc1ccsc1)NCc1ccc(-n2cncn2)nc1. The highest BCUT2D eigenvalue weighted by atomic mass is 32.1. The summed E-state index contributed by atoms with van der Waals surface area (Å²) < 4.78 is 1.59. The van der Waals surface area contributed by atoms with Gasteiger partial charge in [-0.15, -0.1) is 0 Å². The van der Waals surface area contributed by atoms with Crippen molar-refractivity contribution in [3.63, 3.8) is 0 Å². The average Bonchev–Trinajstić information content (AvgIpc) is 3.24. The Morgan fingerprint density at radius 2 is 2.23 bits per heavy atom. The number of aryl methyl sites for hydroxylation is 1. The van der Waals surface area contributed by atoms with E-state index in [4.69, 9.17) is 0 Å². The lowest BCUT2D eigenvalue weighted by Gasteiger charge is -2.06. The van der Waals surface area contributed by atoms with Gasteiger partial charge in [-0.2, -0.15) is 16.4 Å². The van der Waals surface area contributed by atoms with Crippen molar-refractivity contribution in [2.24, 2.45) is 0 Å². The van der Waals surface area contributed by atoms with Crippen molar-refractivity contribution in [3.05, 3.63) is 58.9 Å². The van der Waals surface area contributed by atoms with E-state index in [2.05, 4.69) is 25.8 Å². The van der Waals surface area contributed by atoms with Crippen molar-refractivity contribution in [2.45, 2.75) is 19.4 Å². The number of hydrogen-bond donors (Lipinski definition) is 1. The van der Waals surface area contributed by atoms with Gasteiger partial charge in [0.2, 0.25) is 5.91 Å². The van der Waals surface area contributed by atoms with Gasteiger partial charge >= 0.3 is 0 Å². The minimum Gasteiger partial charge on any atom is -0.352 e. The molecule has 1 N–H and O–H groups in total. The molecule has 3 rings (SSSR count). The fraction of sp³-hybridized carbons (Fsp3) is 0.200. The number of nitrogens with zero attached hydrogens (tertiary/aromatic N) is 4. The standard InChI is InChI=1S/C15H15N5OS/c21-15(4-2-12-5-6-22-9-12)18-8-13-1-3-14(17-7-13)20-11-16-10-19-20/h1,3,5-7,9-11H,2,4,8H2,(H,18,21). The predicted octanol–water partition coefficient (Wildman–Crippen LogP) is 1.97. The fourth-order valence-corrected chi connectivity index (χ4v) is 2.67. The van der Waals surface area contributed by atoms with Crippen LogP contribution < -0.4 is 5.32 Å². The number of pyridine rings is 1. The van der Waals surface area contributed by atoms with Crippen LogP contribution in [0.25, 0.3) is 5.82 Å². The minimum atomic E-state index is 0.0477. The molecule has 7 heteroatoms. The molecule has 0 aliphatic carbocycles. The molecule has 1 amide bonds. The van der Waals surface area contributed by atoms with Crippen LogP contribution in [0, 0.1) is 0 Å². The Morgan fingerprint density at radius 3 is 2.91 bits per heavy atom. The van der Waals surface area contributed by atoms with Crippen LogP contribution in [0.3, 0.4) is 0 Å². The predicted molar refractivity (Wildman–Crippen MR) is 83.6 cm³/mol. The Morgan fingerprint density at radius 1 is 1.27 bits per heavy atom. The third-order valence-corrected chi connectivity index (χ3v) is 3.91. The van der Waals surface area contributed by atoms with Crippen molar-refractivity contribution >= 4 is 17.2 Å². The zero-order chi connectivity index (χ0) is 15.2. The molecule has 0 aliphatic rings. The highest BCUT2D eigenvalue weighted by Crippen LogP contribution is 2.08. The molecule has 0 saturated heterocycles. The van der Waals surface area contributed by atoms with Gasteiger partial charge in [0.05, 0.1) is 0 Å². The van der Waals surface area contributed by atoms with Gasteiger partial charge in [0.15, 0.2) is 5.82 Å². The van der Waals surface area contributed by atoms with E-state index in [1.165, 1.54) is 11.9 Å². The van der Waals surface area contributed by atoms with E-state index in [1.54, 1.807) is 28.5 Å². The zero-order valence-electron chi connectivity index (χ0n) is 11.8. The third kappa shape index (κ3) is 3.76. The number of thiophene rings is 1. The van der Waals surface area contributed by atoms with E-state index in [9.17, 15) is 4.79 Å². The largest absolute Gasteiger partial charge is 0.352 e. The summed E-state index contributed by atoms with van der Waals surface area (Å²) in [4.78, 5) is 20.0. The summed E-state index contributed by atoms with van der Waals surface area (Å²) in [5, 5.41) is 11.0. The van der Waals surface area contributed by atoms with Gasteiger partial charge in [0.25, 0.3) is 0 Å². The maximum absolute atomic E-state index is 11.8. The quantitative estimate of drug-likeness (QED) is 0.755. The van der Waals surface area contributed by atoms with Gasteiger partial charge in [-0.05, 0) is 40.4 Å². The summed E-state index contributed by atoms with van der Waals surface area (Å²) in [6.45, 7) is 0.479. The molecule has 6 nitrogen and oxygen atoms in total. The van der Waals surface area contributed by atoms with Crippen molar-refractivity contribution in [1.82, 2.24) is 25.1 Å². The van der Waals surface area contributed by atoms with Crippen LogP contribution in [0.1, 0.15) is 17.5 Å². The molecule has 3 aromatic heterocycles. The second-order valence-electron chi connectivity index (χ2n) is 4.77. The second-order valence-corrected chi connectivity index (χ2v) is 5.55. The van der Waals surface area contributed by atoms with Gasteiger partial charge in [0, 0.05) is 19.2 Å². The third-order valence-electron chi connectivity index (χ3n) is 3.17. The van der Waals surface area contributed by atoms with E-state index in [0.717, 1.165) is 12.0 Å². The molecule has 22 heavy (non-hydrogen) atoms. The van der Waals surface area contributed by atoms with E-state index in [0.29, 0.717) is 18.8 Å². The smallest absolute Gasteiger partial charge is 0.220 e. The number of carbonyl (C=O) groups is 1. The molecule has 0 spiro atoms. The fourth-order valence-electron chi connectivity index (χ4n) is 1.97. The molecule has 0 unspecified atom stereocenters. The molecule has 3 heterocycles. The lowest BCUT2D eigenvalue weighted by molar-refractivity contribution is -0.121. The first-order valence-corrected chi connectivity index (χ1v) is 7.83. The lowest BCUT2D eigenvalue weighted by Crippen LogP contribution is -2.23. The van der Waals surface area contributed by atoms with E-state index < -0.39 is 0 Å². The molecular weight excluding hydrogens is 298 g/mol. The highest BCUT2D eigenvalue weighted by Gasteiger charge is 2.04. The first-order valence-electron chi connectivity index (χ1n) is 6.89. The van der Waals surface area contributed by atoms with Gasteiger partial charge in [-0.3, -0.25) is 4.79 Å². The summed E-state index contributed by atoms with van der Waals surface area (Å²) in [7, 11) is 0. The molecule has 112 valence electrons. The highest BCUT2D eigenvalue weighted by molar-refractivity contribution is 7.07. The van der Waals surface area contributed by atoms with Gasteiger partial charge in [-0.1, -0.05) is 6.07 Å². The Hall–Kier alpha value is -2.54. The summed E-state index contributed by atoms with van der Waals surface area (Å²) >= 11 is 1.65. The number of rotatable bonds is 6. The second kappa shape index (κ2) is 6.95. The molecular formula is C15H15N5OS. The van der Waals surface area contributed by atoms with Gasteiger partial charge < -0.3 is 5.32 Å². The molecule has 0 radical (unpaired) electrons. The zero-order valence-corrected chi connectivity index (χ0v) is 12.7. The summed E-state index contributed by atoms with van der Waals surface area (Å²) in [5.41, 5.74) is 2.16. The van der Waals surface area contributed by atoms with E-state index in [1.807, 2.05) is 23.6 Å². The van der Waals surface area contributed by atoms with Crippen LogP contribution in [0.4, 0.5) is 0 Å². The number of amides is 1. The van der Waals surface area contributed by atoms with Crippen LogP contribution in [-0.4, -0.2) is 25.7 Å². The molecule has 3 aromatic rings. The van der Waals surface area contributed by atoms with Crippen molar-refractivity contribution in [1.29, 1.82) is 0 Å². The number of aromatic nitrogens is 4. The first-order chi connectivity index (χ1) is 10.8. The summed E-state index contributed by atoms with van der Waals surface area (Å²) in [6.07, 6.45) is 6.06. The number of nitrogens with one attached hydrogen (secondary N) is 1. The molecule has 0 aromatic carbocycles. The van der Waals surface area contributed by atoms with Crippen LogP contribution in [0.5, 0.6) is 0 Å². The van der Waals surface area contributed by atoms with E-state index >= 15 is 0 Å². The van der Waals surface area contributed by atoms with Crippen LogP contribution in [0.15, 0.2) is 47.8 Å². The lowest BCUT2D eigenvalue weighted by atomic mass is 10.2. The maximum Gasteiger partial charge on any atom is 0.220 e. The van der Waals surface area contributed by atoms with Crippen molar-refractivity contribution < 1.29 is 4.79 Å². The van der Waals surface area contributed by atoms with Gasteiger partial charge in [-0.25, -0.2) is 14.6 Å². The van der Waals surface area contributed by atoms with Crippen molar-refractivity contribution in [3.8, 4) is 5.82 Å². The topological polar surface area (TPSA) is 72.7 Å². The van der Waals surface area contributed by atoms with E-state index in [-0.39, 0.29) is 5.91 Å². The summed E-state index contributed by atoms with van der Waals surface area (Å²) in [5.74, 6) is 0.747. The molecule has 0 bridgehead atoms. The van der Waals surface area contributed by atoms with Crippen LogP contribution in [-0.2, 0) is 17.8 Å². The maximum atomic E-state index is 11.8. The van der Waals surface area contributed by atoms with Crippen molar-refractivity contribution in [2.75, 3.05) is 0 Å². The molecule has 0 aliphatic heterocycles. The molecule has 0 atom stereocenters. The monoisotopic (exact) mass is 313 g/mol. The normalized spacial score (nSPS) is 10.5. The number of carbonyl (C=O) groups excluding carboxylic acids is 1. The number of hydrogen-bond acceptors (Lipinski definition) is 5. The Labute approximate surface area is 131 Å². The molecule has 0 fully saturated rings. The minimum absolute atomic E-state index is 0.0477.